The average molecular weight is 458 g/mol. The highest BCUT2D eigenvalue weighted by Crippen LogP contribution is 2.61. The molecule has 8 nitrogen and oxygen atoms in total. The molecule has 1 aromatic heterocycles. The monoisotopic (exact) mass is 458 g/mol. The molecule has 2 fully saturated rings. The lowest BCUT2D eigenvalue weighted by molar-refractivity contribution is 0.0237. The lowest BCUT2D eigenvalue weighted by Gasteiger charge is -2.53. The molecule has 174 valence electrons. The summed E-state index contributed by atoms with van der Waals surface area (Å²) in [5.41, 5.74) is -2.06. The maximum Gasteiger partial charge on any atom is 0.278 e. The molecular formula is C23H24F2N4O4. The van der Waals surface area contributed by atoms with E-state index in [1.807, 2.05) is 11.9 Å². The van der Waals surface area contributed by atoms with Crippen LogP contribution in [0.4, 0.5) is 8.78 Å². The summed E-state index contributed by atoms with van der Waals surface area (Å²) in [5, 5.41) is 14.9. The standard InChI is InChI=1S/C23H24F2N4O4/c1-3-28-22(33)18-20(31)19(30)15(21(32)26-10-13-4-5-14(24)9-17(13)25)11-29(18)27(2)23(28)7-6-12-8-16(12)23/h4-5,9,11-12,16,31H,3,6-8,10H2,1-2H3,(H,26,32)/t12-,16+,23?/m1/s1. The first-order valence-corrected chi connectivity index (χ1v) is 11.0. The molecule has 1 spiro atoms. The third kappa shape index (κ3) is 2.96. The zero-order chi connectivity index (χ0) is 23.7. The molecule has 0 saturated heterocycles. The summed E-state index contributed by atoms with van der Waals surface area (Å²) in [6.07, 6.45) is 4.01. The second-order valence-corrected chi connectivity index (χ2v) is 8.92. The number of fused-ring (bicyclic) bond motifs is 3. The van der Waals surface area contributed by atoms with Crippen molar-refractivity contribution in [1.82, 2.24) is 14.9 Å². The average Bonchev–Trinajstić information content (AvgIpc) is 3.48. The van der Waals surface area contributed by atoms with Gasteiger partial charge in [-0.1, -0.05) is 6.07 Å². The lowest BCUT2D eigenvalue weighted by Crippen LogP contribution is -2.69. The van der Waals surface area contributed by atoms with Crippen LogP contribution in [0.5, 0.6) is 5.75 Å². The molecule has 5 rings (SSSR count). The molecule has 3 aliphatic rings. The molecule has 2 saturated carbocycles. The molecule has 2 aliphatic carbocycles. The van der Waals surface area contributed by atoms with E-state index in [9.17, 15) is 28.3 Å². The Balaban J connectivity index is 1.52. The molecule has 1 aliphatic heterocycles. The van der Waals surface area contributed by atoms with Crippen LogP contribution in [0.15, 0.2) is 29.2 Å². The van der Waals surface area contributed by atoms with Gasteiger partial charge in [-0.2, -0.15) is 0 Å². The Bertz CT molecular complexity index is 1250. The molecule has 2 aromatic rings. The van der Waals surface area contributed by atoms with Crippen molar-refractivity contribution in [2.24, 2.45) is 11.8 Å². The normalized spacial score (nSPS) is 25.3. The van der Waals surface area contributed by atoms with Gasteiger partial charge in [-0.05, 0) is 38.2 Å². The highest BCUT2D eigenvalue weighted by Gasteiger charge is 2.65. The number of nitrogens with one attached hydrogen (secondary N) is 1. The number of hydrogen-bond acceptors (Lipinski definition) is 5. The van der Waals surface area contributed by atoms with E-state index in [1.54, 1.807) is 11.9 Å². The molecule has 0 radical (unpaired) electrons. The van der Waals surface area contributed by atoms with Gasteiger partial charge in [0.1, 0.15) is 22.9 Å². The van der Waals surface area contributed by atoms with Crippen LogP contribution in [-0.4, -0.2) is 45.8 Å². The SMILES string of the molecule is CCN1C(=O)c2c(O)c(=O)c(C(=O)NCc3ccc(F)cc3F)cn2N(C)C12CC[C@@H]1C[C@@H]12. The summed E-state index contributed by atoms with van der Waals surface area (Å²) in [6, 6.07) is 2.97. The maximum atomic E-state index is 13.9. The molecule has 10 heteroatoms. The molecule has 2 N–H and O–H groups in total. The summed E-state index contributed by atoms with van der Waals surface area (Å²) in [5.74, 6) is -2.82. The van der Waals surface area contributed by atoms with Crippen molar-refractivity contribution < 1.29 is 23.5 Å². The Hall–Kier alpha value is -3.43. The summed E-state index contributed by atoms with van der Waals surface area (Å²) in [6.45, 7) is 2.01. The Labute approximate surface area is 188 Å². The highest BCUT2D eigenvalue weighted by atomic mass is 19.1. The van der Waals surface area contributed by atoms with E-state index in [-0.39, 0.29) is 23.4 Å². The molecule has 1 aromatic carbocycles. The molecule has 1 unspecified atom stereocenters. The van der Waals surface area contributed by atoms with Gasteiger partial charge >= 0.3 is 0 Å². The first kappa shape index (κ1) is 21.4. The number of carbonyl (C=O) groups excluding carboxylic acids is 2. The number of hydrogen-bond donors (Lipinski definition) is 2. The number of rotatable bonds is 4. The van der Waals surface area contributed by atoms with Crippen molar-refractivity contribution in [3.05, 3.63) is 63.1 Å². The zero-order valence-electron chi connectivity index (χ0n) is 18.3. The number of amides is 2. The number of nitrogens with zero attached hydrogens (tertiary/aromatic N) is 3. The van der Waals surface area contributed by atoms with E-state index in [4.69, 9.17) is 0 Å². The predicted molar refractivity (Wildman–Crippen MR) is 114 cm³/mol. The van der Waals surface area contributed by atoms with Gasteiger partial charge in [0, 0.05) is 43.9 Å². The number of benzene rings is 1. The molecule has 0 bridgehead atoms. The van der Waals surface area contributed by atoms with E-state index in [0.29, 0.717) is 24.4 Å². The third-order valence-electron chi connectivity index (χ3n) is 7.38. The second-order valence-electron chi connectivity index (χ2n) is 8.92. The number of carbonyl (C=O) groups is 2. The molecule has 2 heterocycles. The minimum absolute atomic E-state index is 0.0441. The van der Waals surface area contributed by atoms with Gasteiger partial charge in [-0.25, -0.2) is 8.78 Å². The second kappa shape index (κ2) is 7.29. The molecular weight excluding hydrogens is 434 g/mol. The van der Waals surface area contributed by atoms with Crippen LogP contribution in [0.2, 0.25) is 0 Å². The van der Waals surface area contributed by atoms with Gasteiger partial charge in [0.05, 0.1) is 0 Å². The van der Waals surface area contributed by atoms with Crippen molar-refractivity contribution in [2.45, 2.75) is 38.4 Å². The van der Waals surface area contributed by atoms with Gasteiger partial charge in [0.2, 0.25) is 5.43 Å². The predicted octanol–water partition coefficient (Wildman–Crippen LogP) is 1.93. The topological polar surface area (TPSA) is 94.9 Å². The van der Waals surface area contributed by atoms with Crippen LogP contribution in [-0.2, 0) is 6.54 Å². The van der Waals surface area contributed by atoms with Crippen molar-refractivity contribution >= 4 is 11.8 Å². The fourth-order valence-corrected chi connectivity index (χ4v) is 5.66. The smallest absolute Gasteiger partial charge is 0.278 e. The van der Waals surface area contributed by atoms with Gasteiger partial charge in [-0.3, -0.25) is 24.1 Å². The van der Waals surface area contributed by atoms with E-state index in [2.05, 4.69) is 5.32 Å². The van der Waals surface area contributed by atoms with E-state index in [0.717, 1.165) is 25.3 Å². The summed E-state index contributed by atoms with van der Waals surface area (Å²) >= 11 is 0. The first-order valence-electron chi connectivity index (χ1n) is 11.0. The molecule has 33 heavy (non-hydrogen) atoms. The van der Waals surface area contributed by atoms with Crippen LogP contribution >= 0.6 is 0 Å². The van der Waals surface area contributed by atoms with Gasteiger partial charge < -0.3 is 15.3 Å². The Morgan fingerprint density at radius 1 is 1.30 bits per heavy atom. The Morgan fingerprint density at radius 2 is 2.06 bits per heavy atom. The highest BCUT2D eigenvalue weighted by molar-refractivity contribution is 6.00. The summed E-state index contributed by atoms with van der Waals surface area (Å²) < 4.78 is 28.4. The molecule has 2 amide bonds. The Kier molecular flexibility index (Phi) is 4.73. The number of pyridine rings is 1. The van der Waals surface area contributed by atoms with Gasteiger partial charge in [0.25, 0.3) is 11.8 Å². The number of halogens is 2. The van der Waals surface area contributed by atoms with Crippen LogP contribution in [0, 0.1) is 23.5 Å². The van der Waals surface area contributed by atoms with Crippen LogP contribution in [0.25, 0.3) is 0 Å². The first-order chi connectivity index (χ1) is 15.7. The Morgan fingerprint density at radius 3 is 2.67 bits per heavy atom. The number of aromatic hydroxyl groups is 1. The van der Waals surface area contributed by atoms with E-state index in [1.165, 1.54) is 16.9 Å². The minimum atomic E-state index is -0.984. The van der Waals surface area contributed by atoms with Crippen LogP contribution in [0.1, 0.15) is 52.6 Å². The third-order valence-corrected chi connectivity index (χ3v) is 7.38. The number of aromatic nitrogens is 1. The van der Waals surface area contributed by atoms with Crippen molar-refractivity contribution in [3.8, 4) is 5.75 Å². The summed E-state index contributed by atoms with van der Waals surface area (Å²) in [7, 11) is 1.79. The fraction of sp³-hybridized carbons (Fsp3) is 0.435. The quantitative estimate of drug-likeness (QED) is 0.730. The fourth-order valence-electron chi connectivity index (χ4n) is 5.66. The van der Waals surface area contributed by atoms with Crippen molar-refractivity contribution in [1.29, 1.82) is 0 Å². The summed E-state index contributed by atoms with van der Waals surface area (Å²) in [4.78, 5) is 40.7. The zero-order valence-corrected chi connectivity index (χ0v) is 18.3. The van der Waals surface area contributed by atoms with E-state index < -0.39 is 40.3 Å². The van der Waals surface area contributed by atoms with Gasteiger partial charge in [0.15, 0.2) is 11.4 Å². The van der Waals surface area contributed by atoms with Crippen LogP contribution in [0.3, 0.4) is 0 Å². The maximum absolute atomic E-state index is 13.9. The van der Waals surface area contributed by atoms with Crippen molar-refractivity contribution in [3.63, 3.8) is 0 Å². The van der Waals surface area contributed by atoms with Gasteiger partial charge in [-0.15, -0.1) is 0 Å². The molecule has 3 atom stereocenters. The lowest BCUT2D eigenvalue weighted by atomic mass is 9.97. The largest absolute Gasteiger partial charge is 0.502 e. The van der Waals surface area contributed by atoms with E-state index >= 15 is 0 Å². The minimum Gasteiger partial charge on any atom is -0.502 e. The van der Waals surface area contributed by atoms with Crippen LogP contribution < -0.4 is 15.8 Å². The van der Waals surface area contributed by atoms with Crippen molar-refractivity contribution in [2.75, 3.05) is 18.6 Å².